The van der Waals surface area contributed by atoms with Crippen LogP contribution in [0, 0.1) is 5.92 Å². The summed E-state index contributed by atoms with van der Waals surface area (Å²) in [6.45, 7) is 6.45. The molecule has 0 aliphatic rings. The molecular formula is C13H24ClN3. The van der Waals surface area contributed by atoms with Gasteiger partial charge in [0.25, 0.3) is 0 Å². The molecule has 2 N–H and O–H groups in total. The number of halogens is 1. The lowest BCUT2D eigenvalue weighted by molar-refractivity contribution is 0.387. The fourth-order valence-electron chi connectivity index (χ4n) is 2.33. The molecule has 1 aromatic heterocycles. The van der Waals surface area contributed by atoms with Crippen molar-refractivity contribution < 1.29 is 0 Å². The molecular weight excluding hydrogens is 234 g/mol. The van der Waals surface area contributed by atoms with Crippen LogP contribution in [0.1, 0.15) is 45.0 Å². The number of hydrogen-bond donors (Lipinski definition) is 1. The molecule has 17 heavy (non-hydrogen) atoms. The van der Waals surface area contributed by atoms with Crippen molar-refractivity contribution in [2.75, 3.05) is 0 Å². The minimum absolute atomic E-state index is 0.169. The topological polar surface area (TPSA) is 43.8 Å². The van der Waals surface area contributed by atoms with Crippen molar-refractivity contribution >= 4 is 11.6 Å². The highest BCUT2D eigenvalue weighted by molar-refractivity contribution is 6.31. The first kappa shape index (κ1) is 14.5. The van der Waals surface area contributed by atoms with E-state index in [1.165, 1.54) is 0 Å². The molecule has 1 atom stereocenters. The Labute approximate surface area is 109 Å². The third-order valence-electron chi connectivity index (χ3n) is 3.59. The fourth-order valence-corrected chi connectivity index (χ4v) is 2.70. The summed E-state index contributed by atoms with van der Waals surface area (Å²) >= 11 is 6.33. The quantitative estimate of drug-likeness (QED) is 0.852. The van der Waals surface area contributed by atoms with Crippen LogP contribution in [0.15, 0.2) is 0 Å². The SMILES string of the molecule is CCc1nn(C)c(CC(N)C(CC)CC)c1Cl. The third-order valence-corrected chi connectivity index (χ3v) is 4.02. The lowest BCUT2D eigenvalue weighted by Crippen LogP contribution is -2.32. The van der Waals surface area contributed by atoms with Gasteiger partial charge in [-0.2, -0.15) is 5.10 Å². The van der Waals surface area contributed by atoms with Crippen LogP contribution < -0.4 is 5.73 Å². The molecule has 0 aromatic carbocycles. The summed E-state index contributed by atoms with van der Waals surface area (Å²) in [5, 5.41) is 5.22. The van der Waals surface area contributed by atoms with E-state index in [1.807, 2.05) is 11.7 Å². The molecule has 0 aliphatic heterocycles. The number of hydrogen-bond acceptors (Lipinski definition) is 2. The largest absolute Gasteiger partial charge is 0.327 e. The van der Waals surface area contributed by atoms with Gasteiger partial charge in [0.15, 0.2) is 0 Å². The summed E-state index contributed by atoms with van der Waals surface area (Å²) < 4.78 is 1.88. The van der Waals surface area contributed by atoms with Gasteiger partial charge in [-0.05, 0) is 12.3 Å². The van der Waals surface area contributed by atoms with Crippen molar-refractivity contribution in [2.45, 2.75) is 52.5 Å². The second-order valence-corrected chi connectivity index (χ2v) is 5.01. The zero-order valence-electron chi connectivity index (χ0n) is 11.3. The molecule has 0 fully saturated rings. The summed E-state index contributed by atoms with van der Waals surface area (Å²) in [5.41, 5.74) is 8.30. The number of nitrogens with zero attached hydrogens (tertiary/aromatic N) is 2. The Balaban J connectivity index is 2.84. The molecule has 1 heterocycles. The third kappa shape index (κ3) is 3.23. The first-order valence-electron chi connectivity index (χ1n) is 6.50. The van der Waals surface area contributed by atoms with Gasteiger partial charge in [0.1, 0.15) is 0 Å². The van der Waals surface area contributed by atoms with E-state index in [4.69, 9.17) is 17.3 Å². The first-order chi connectivity index (χ1) is 8.04. The molecule has 3 nitrogen and oxygen atoms in total. The molecule has 1 unspecified atom stereocenters. The summed E-state index contributed by atoms with van der Waals surface area (Å²) in [5.74, 6) is 0.561. The molecule has 4 heteroatoms. The van der Waals surface area contributed by atoms with Gasteiger partial charge in [-0.25, -0.2) is 0 Å². The van der Waals surface area contributed by atoms with Crippen LogP contribution in [-0.4, -0.2) is 15.8 Å². The molecule has 98 valence electrons. The second-order valence-electron chi connectivity index (χ2n) is 4.63. The highest BCUT2D eigenvalue weighted by atomic mass is 35.5. The monoisotopic (exact) mass is 257 g/mol. The van der Waals surface area contributed by atoms with Crippen LogP contribution in [0.25, 0.3) is 0 Å². The average molecular weight is 258 g/mol. The Bertz CT molecular complexity index is 356. The summed E-state index contributed by atoms with van der Waals surface area (Å²) in [7, 11) is 1.94. The number of aryl methyl sites for hydroxylation is 2. The van der Waals surface area contributed by atoms with Crippen LogP contribution in [0.2, 0.25) is 5.02 Å². The maximum Gasteiger partial charge on any atom is 0.0850 e. The smallest absolute Gasteiger partial charge is 0.0850 e. The van der Waals surface area contributed by atoms with Gasteiger partial charge in [0.2, 0.25) is 0 Å². The van der Waals surface area contributed by atoms with E-state index in [9.17, 15) is 0 Å². The van der Waals surface area contributed by atoms with Gasteiger partial charge < -0.3 is 5.73 Å². The van der Waals surface area contributed by atoms with Crippen molar-refractivity contribution in [3.8, 4) is 0 Å². The van der Waals surface area contributed by atoms with Crippen LogP contribution in [-0.2, 0) is 19.9 Å². The molecule has 0 spiro atoms. The number of rotatable bonds is 6. The van der Waals surface area contributed by atoms with Crippen LogP contribution in [0.4, 0.5) is 0 Å². The predicted octanol–water partition coefficient (Wildman–Crippen LogP) is 2.94. The van der Waals surface area contributed by atoms with Crippen molar-refractivity contribution in [3.63, 3.8) is 0 Å². The maximum atomic E-state index is 6.33. The van der Waals surface area contributed by atoms with Crippen LogP contribution in [0.5, 0.6) is 0 Å². The summed E-state index contributed by atoms with van der Waals surface area (Å²) in [6, 6.07) is 0.169. The van der Waals surface area contributed by atoms with Gasteiger partial charge in [0.05, 0.1) is 16.4 Å². The van der Waals surface area contributed by atoms with E-state index < -0.39 is 0 Å². The Morgan fingerprint density at radius 1 is 1.29 bits per heavy atom. The molecule has 0 bridgehead atoms. The molecule has 0 radical (unpaired) electrons. The van der Waals surface area contributed by atoms with E-state index in [2.05, 4.69) is 25.9 Å². The summed E-state index contributed by atoms with van der Waals surface area (Å²) in [6.07, 6.45) is 3.92. The second kappa shape index (κ2) is 6.41. The average Bonchev–Trinajstić information content (AvgIpc) is 2.58. The normalized spacial score (nSPS) is 13.4. The highest BCUT2D eigenvalue weighted by Gasteiger charge is 2.20. The van der Waals surface area contributed by atoms with Crippen LogP contribution in [0.3, 0.4) is 0 Å². The Morgan fingerprint density at radius 2 is 1.88 bits per heavy atom. The Hall–Kier alpha value is -0.540. The Morgan fingerprint density at radius 3 is 2.29 bits per heavy atom. The van der Waals surface area contributed by atoms with Crippen LogP contribution >= 0.6 is 11.6 Å². The fraction of sp³-hybridized carbons (Fsp3) is 0.769. The number of nitrogens with two attached hydrogens (primary N) is 1. The molecule has 0 saturated carbocycles. The molecule has 1 aromatic rings. The maximum absolute atomic E-state index is 6.33. The first-order valence-corrected chi connectivity index (χ1v) is 6.88. The van der Waals surface area contributed by atoms with Gasteiger partial charge in [0, 0.05) is 19.5 Å². The van der Waals surface area contributed by atoms with Crippen molar-refractivity contribution in [2.24, 2.45) is 18.7 Å². The molecule has 0 saturated heterocycles. The minimum atomic E-state index is 0.169. The zero-order valence-corrected chi connectivity index (χ0v) is 12.1. The van der Waals surface area contributed by atoms with E-state index in [-0.39, 0.29) is 6.04 Å². The van der Waals surface area contributed by atoms with Crippen molar-refractivity contribution in [1.82, 2.24) is 9.78 Å². The van der Waals surface area contributed by atoms with E-state index >= 15 is 0 Å². The lowest BCUT2D eigenvalue weighted by atomic mass is 9.91. The van der Waals surface area contributed by atoms with E-state index in [1.54, 1.807) is 0 Å². The van der Waals surface area contributed by atoms with Gasteiger partial charge in [-0.3, -0.25) is 4.68 Å². The highest BCUT2D eigenvalue weighted by Crippen LogP contribution is 2.24. The van der Waals surface area contributed by atoms with E-state index in [0.29, 0.717) is 5.92 Å². The minimum Gasteiger partial charge on any atom is -0.327 e. The lowest BCUT2D eigenvalue weighted by Gasteiger charge is -2.21. The van der Waals surface area contributed by atoms with Crippen molar-refractivity contribution in [1.29, 1.82) is 0 Å². The molecule has 1 rings (SSSR count). The van der Waals surface area contributed by atoms with Gasteiger partial charge in [-0.1, -0.05) is 45.2 Å². The Kier molecular flexibility index (Phi) is 5.47. The van der Waals surface area contributed by atoms with Crippen molar-refractivity contribution in [3.05, 3.63) is 16.4 Å². The van der Waals surface area contributed by atoms with Gasteiger partial charge in [-0.15, -0.1) is 0 Å². The predicted molar refractivity (Wildman–Crippen MR) is 73.3 cm³/mol. The molecule has 0 amide bonds. The summed E-state index contributed by atoms with van der Waals surface area (Å²) in [4.78, 5) is 0. The standard InChI is InChI=1S/C13H24ClN3/c1-5-9(6-2)10(15)8-12-13(14)11(7-3)16-17(12)4/h9-10H,5-8,15H2,1-4H3. The number of aromatic nitrogens is 2. The molecule has 0 aliphatic carbocycles. The van der Waals surface area contributed by atoms with E-state index in [0.717, 1.165) is 42.1 Å². The van der Waals surface area contributed by atoms with Gasteiger partial charge >= 0.3 is 0 Å². The zero-order chi connectivity index (χ0) is 13.0.